The highest BCUT2D eigenvalue weighted by Crippen LogP contribution is 2.19. The van der Waals surface area contributed by atoms with Crippen molar-refractivity contribution >= 4 is 27.2 Å². The van der Waals surface area contributed by atoms with E-state index in [1.807, 2.05) is 29.5 Å². The number of thiazole rings is 1. The van der Waals surface area contributed by atoms with Gasteiger partial charge in [0.25, 0.3) is 0 Å². The number of hydrogen-bond donors (Lipinski definition) is 2. The van der Waals surface area contributed by atoms with Gasteiger partial charge in [-0.05, 0) is 18.2 Å². The molecule has 2 aromatic carbocycles. The number of aryl methyl sites for hydroxylation is 2. The first-order chi connectivity index (χ1) is 10.3. The number of fused-ring (bicyclic) bond motifs is 1. The average Bonchev–Trinajstić information content (AvgIpc) is 2.84. The van der Waals surface area contributed by atoms with Gasteiger partial charge in [-0.1, -0.05) is 41.7 Å². The number of hydrazine groups is 1. The predicted molar refractivity (Wildman–Crippen MR) is 89.4 cm³/mol. The summed E-state index contributed by atoms with van der Waals surface area (Å²) in [7, 11) is 0. The summed E-state index contributed by atoms with van der Waals surface area (Å²) in [5.74, 6) is 0. The SMILES string of the molecule is Cc1sc2ccccc2[n+]1CCCNNc1ccccc1.[Br-]. The normalized spacial score (nSPS) is 10.4. The monoisotopic (exact) mass is 377 g/mol. The van der Waals surface area contributed by atoms with Gasteiger partial charge in [0, 0.05) is 31.6 Å². The molecule has 0 saturated carbocycles. The molecule has 0 amide bonds. The first-order valence-electron chi connectivity index (χ1n) is 7.26. The van der Waals surface area contributed by atoms with Gasteiger partial charge in [-0.3, -0.25) is 0 Å². The number of anilines is 1. The van der Waals surface area contributed by atoms with Crippen LogP contribution in [0.4, 0.5) is 5.69 Å². The summed E-state index contributed by atoms with van der Waals surface area (Å²) >= 11 is 1.87. The molecule has 0 aliphatic heterocycles. The van der Waals surface area contributed by atoms with Gasteiger partial charge in [0.1, 0.15) is 4.70 Å². The first kappa shape index (κ1) is 16.9. The number of para-hydroxylation sites is 2. The Bertz CT molecular complexity index is 712. The molecule has 3 aromatic rings. The summed E-state index contributed by atoms with van der Waals surface area (Å²) in [6, 6.07) is 18.8. The standard InChI is InChI=1S/C17H20N3S.BrH/c1-14-20(16-10-5-6-11-17(16)21-14)13-7-12-18-19-15-8-3-2-4-9-15;/h2-6,8-11,18-19H,7,12-13H2,1H3;1H/q+1;/p-1. The molecular weight excluding hydrogens is 358 g/mol. The van der Waals surface area contributed by atoms with E-state index in [1.54, 1.807) is 0 Å². The molecular formula is C17H20BrN3S. The zero-order chi connectivity index (χ0) is 14.5. The Labute approximate surface area is 145 Å². The summed E-state index contributed by atoms with van der Waals surface area (Å²) in [6.45, 7) is 4.17. The van der Waals surface area contributed by atoms with E-state index in [0.29, 0.717) is 0 Å². The number of benzene rings is 2. The van der Waals surface area contributed by atoms with Crippen LogP contribution < -0.4 is 32.4 Å². The van der Waals surface area contributed by atoms with E-state index < -0.39 is 0 Å². The van der Waals surface area contributed by atoms with Crippen molar-refractivity contribution in [2.75, 3.05) is 12.0 Å². The number of aromatic nitrogens is 1. The van der Waals surface area contributed by atoms with Crippen molar-refractivity contribution in [1.29, 1.82) is 0 Å². The molecule has 3 rings (SSSR count). The van der Waals surface area contributed by atoms with Gasteiger partial charge in [0.15, 0.2) is 6.54 Å². The number of hydrogen-bond acceptors (Lipinski definition) is 3. The first-order valence-corrected chi connectivity index (χ1v) is 8.08. The predicted octanol–water partition coefficient (Wildman–Crippen LogP) is 0.508. The molecule has 116 valence electrons. The van der Waals surface area contributed by atoms with Crippen molar-refractivity contribution in [1.82, 2.24) is 5.43 Å². The smallest absolute Gasteiger partial charge is 0.235 e. The fraction of sp³-hybridized carbons (Fsp3) is 0.235. The van der Waals surface area contributed by atoms with E-state index in [-0.39, 0.29) is 17.0 Å². The molecule has 0 unspecified atom stereocenters. The number of halogens is 1. The Kier molecular flexibility index (Phi) is 6.36. The van der Waals surface area contributed by atoms with Gasteiger partial charge in [-0.2, -0.15) is 4.57 Å². The van der Waals surface area contributed by atoms with Gasteiger partial charge < -0.3 is 22.4 Å². The van der Waals surface area contributed by atoms with Crippen molar-refractivity contribution in [3.8, 4) is 0 Å². The minimum absolute atomic E-state index is 0. The molecule has 0 aliphatic carbocycles. The molecule has 2 N–H and O–H groups in total. The molecule has 0 fully saturated rings. The van der Waals surface area contributed by atoms with Crippen LogP contribution in [0, 0.1) is 6.92 Å². The van der Waals surface area contributed by atoms with E-state index in [1.165, 1.54) is 15.2 Å². The maximum Gasteiger partial charge on any atom is 0.235 e. The topological polar surface area (TPSA) is 27.9 Å². The summed E-state index contributed by atoms with van der Waals surface area (Å²) in [5, 5.41) is 1.37. The number of rotatable bonds is 6. The number of nitrogens with zero attached hydrogens (tertiary/aromatic N) is 1. The highest BCUT2D eigenvalue weighted by Gasteiger charge is 2.15. The van der Waals surface area contributed by atoms with E-state index in [2.05, 4.69) is 58.7 Å². The Morgan fingerprint density at radius 2 is 1.73 bits per heavy atom. The van der Waals surface area contributed by atoms with E-state index in [9.17, 15) is 0 Å². The zero-order valence-electron chi connectivity index (χ0n) is 12.6. The lowest BCUT2D eigenvalue weighted by atomic mass is 10.3. The summed E-state index contributed by atoms with van der Waals surface area (Å²) < 4.78 is 3.77. The average molecular weight is 378 g/mol. The summed E-state index contributed by atoms with van der Waals surface area (Å²) in [6.07, 6.45) is 1.09. The largest absolute Gasteiger partial charge is 1.00 e. The van der Waals surface area contributed by atoms with E-state index in [4.69, 9.17) is 0 Å². The molecule has 3 nitrogen and oxygen atoms in total. The third-order valence-corrected chi connectivity index (χ3v) is 4.56. The van der Waals surface area contributed by atoms with Gasteiger partial charge in [0.2, 0.25) is 10.5 Å². The molecule has 1 aromatic heterocycles. The van der Waals surface area contributed by atoms with Crippen LogP contribution in [0.2, 0.25) is 0 Å². The van der Waals surface area contributed by atoms with E-state index in [0.717, 1.165) is 25.2 Å². The van der Waals surface area contributed by atoms with Crippen LogP contribution in [0.1, 0.15) is 11.4 Å². The van der Waals surface area contributed by atoms with Crippen LogP contribution in [0.5, 0.6) is 0 Å². The van der Waals surface area contributed by atoms with Crippen LogP contribution in [0.15, 0.2) is 54.6 Å². The van der Waals surface area contributed by atoms with E-state index >= 15 is 0 Å². The quantitative estimate of drug-likeness (QED) is 0.372. The minimum Gasteiger partial charge on any atom is -1.00 e. The van der Waals surface area contributed by atoms with Crippen molar-refractivity contribution < 1.29 is 21.5 Å². The van der Waals surface area contributed by atoms with Gasteiger partial charge in [-0.25, -0.2) is 5.43 Å². The maximum absolute atomic E-state index is 3.27. The third kappa shape index (κ3) is 4.06. The lowest BCUT2D eigenvalue weighted by Gasteiger charge is -2.06. The van der Waals surface area contributed by atoms with Crippen LogP contribution in [0.25, 0.3) is 10.2 Å². The molecule has 0 bridgehead atoms. The Balaban J connectivity index is 0.00000176. The Morgan fingerprint density at radius 3 is 2.55 bits per heavy atom. The Morgan fingerprint density at radius 1 is 1.00 bits per heavy atom. The second-order valence-electron chi connectivity index (χ2n) is 5.01. The Hall–Kier alpha value is -1.43. The second-order valence-corrected chi connectivity index (χ2v) is 6.25. The molecule has 5 heteroatoms. The highest BCUT2D eigenvalue weighted by atomic mass is 79.9. The van der Waals surface area contributed by atoms with Gasteiger partial charge >= 0.3 is 0 Å². The molecule has 0 radical (unpaired) electrons. The third-order valence-electron chi connectivity index (χ3n) is 3.48. The maximum atomic E-state index is 3.27. The summed E-state index contributed by atoms with van der Waals surface area (Å²) in [5.41, 5.74) is 8.93. The van der Waals surface area contributed by atoms with Crippen LogP contribution in [-0.4, -0.2) is 6.54 Å². The van der Waals surface area contributed by atoms with Crippen molar-refractivity contribution in [3.63, 3.8) is 0 Å². The molecule has 0 aliphatic rings. The fourth-order valence-electron chi connectivity index (χ4n) is 2.44. The van der Waals surface area contributed by atoms with Crippen LogP contribution >= 0.6 is 11.3 Å². The molecule has 22 heavy (non-hydrogen) atoms. The second kappa shape index (κ2) is 8.27. The van der Waals surface area contributed by atoms with Crippen molar-refractivity contribution in [2.45, 2.75) is 19.9 Å². The van der Waals surface area contributed by atoms with Crippen LogP contribution in [-0.2, 0) is 6.54 Å². The van der Waals surface area contributed by atoms with Crippen molar-refractivity contribution in [3.05, 3.63) is 59.6 Å². The van der Waals surface area contributed by atoms with Crippen LogP contribution in [0.3, 0.4) is 0 Å². The molecule has 0 spiro atoms. The lowest BCUT2D eigenvalue weighted by molar-refractivity contribution is -0.673. The summed E-state index contributed by atoms with van der Waals surface area (Å²) in [4.78, 5) is 0. The van der Waals surface area contributed by atoms with Gasteiger partial charge in [-0.15, -0.1) is 0 Å². The number of nitrogens with one attached hydrogen (secondary N) is 2. The fourth-order valence-corrected chi connectivity index (χ4v) is 3.49. The van der Waals surface area contributed by atoms with Crippen molar-refractivity contribution in [2.24, 2.45) is 0 Å². The molecule has 0 atom stereocenters. The molecule has 1 heterocycles. The van der Waals surface area contributed by atoms with Gasteiger partial charge in [0.05, 0.1) is 0 Å². The lowest BCUT2D eigenvalue weighted by Crippen LogP contribution is -3.00. The molecule has 0 saturated heterocycles. The zero-order valence-corrected chi connectivity index (χ0v) is 15.0. The minimum atomic E-state index is 0. The highest BCUT2D eigenvalue weighted by molar-refractivity contribution is 7.18.